The number of amidine groups is 1. The molecule has 1 aliphatic heterocycles. The first-order chi connectivity index (χ1) is 11.7. The van der Waals surface area contributed by atoms with Crippen molar-refractivity contribution in [1.29, 1.82) is 0 Å². The average Bonchev–Trinajstić information content (AvgIpc) is 2.79. The zero-order valence-corrected chi connectivity index (χ0v) is 12.8. The Morgan fingerprint density at radius 1 is 1.25 bits per heavy atom. The van der Waals surface area contributed by atoms with Crippen LogP contribution in [-0.4, -0.2) is 29.6 Å². The predicted molar refractivity (Wildman–Crippen MR) is 94.0 cm³/mol. The van der Waals surface area contributed by atoms with Crippen molar-refractivity contribution in [3.8, 4) is 12.3 Å². The SMILES string of the molecule is C#CCNC1=Nc2ccc([N+](=O)[O-])cc2C(c2ccccc2)=NC1. The van der Waals surface area contributed by atoms with Crippen LogP contribution in [0.4, 0.5) is 11.4 Å². The molecule has 0 aromatic heterocycles. The molecule has 1 aliphatic rings. The third-order valence-electron chi connectivity index (χ3n) is 3.53. The molecule has 118 valence electrons. The lowest BCUT2D eigenvalue weighted by molar-refractivity contribution is -0.384. The van der Waals surface area contributed by atoms with Crippen molar-refractivity contribution in [3.05, 3.63) is 69.8 Å². The summed E-state index contributed by atoms with van der Waals surface area (Å²) in [5.41, 5.74) is 2.82. The summed E-state index contributed by atoms with van der Waals surface area (Å²) in [6, 6.07) is 14.1. The molecule has 0 spiro atoms. The molecule has 0 saturated heterocycles. The number of fused-ring (bicyclic) bond motifs is 1. The summed E-state index contributed by atoms with van der Waals surface area (Å²) in [6.07, 6.45) is 5.27. The Balaban J connectivity index is 2.13. The molecule has 3 rings (SSSR count). The maximum Gasteiger partial charge on any atom is 0.270 e. The van der Waals surface area contributed by atoms with Crippen molar-refractivity contribution in [1.82, 2.24) is 5.32 Å². The first kappa shape index (κ1) is 15.4. The lowest BCUT2D eigenvalue weighted by Crippen LogP contribution is -2.26. The van der Waals surface area contributed by atoms with Crippen LogP contribution in [0.1, 0.15) is 11.1 Å². The highest BCUT2D eigenvalue weighted by Gasteiger charge is 2.19. The fourth-order valence-corrected chi connectivity index (χ4v) is 2.44. The second-order valence-electron chi connectivity index (χ2n) is 5.11. The number of non-ortho nitro benzene ring substituents is 1. The van der Waals surface area contributed by atoms with Crippen LogP contribution in [0.5, 0.6) is 0 Å². The lowest BCUT2D eigenvalue weighted by Gasteiger charge is -2.08. The molecule has 6 nitrogen and oxygen atoms in total. The predicted octanol–water partition coefficient (Wildman–Crippen LogP) is 2.70. The Bertz CT molecular complexity index is 880. The Hall–Kier alpha value is -3.46. The maximum absolute atomic E-state index is 11.1. The number of terminal acetylenes is 1. The molecule has 1 heterocycles. The van der Waals surface area contributed by atoms with Gasteiger partial charge in [0.1, 0.15) is 5.84 Å². The molecule has 0 saturated carbocycles. The highest BCUT2D eigenvalue weighted by molar-refractivity contribution is 6.17. The van der Waals surface area contributed by atoms with Gasteiger partial charge in [-0.25, -0.2) is 4.99 Å². The minimum absolute atomic E-state index is 0.00705. The fourth-order valence-electron chi connectivity index (χ4n) is 2.44. The summed E-state index contributed by atoms with van der Waals surface area (Å²) >= 11 is 0. The van der Waals surface area contributed by atoms with E-state index < -0.39 is 4.92 Å². The maximum atomic E-state index is 11.1. The van der Waals surface area contributed by atoms with Gasteiger partial charge >= 0.3 is 0 Å². The van der Waals surface area contributed by atoms with E-state index in [1.54, 1.807) is 6.07 Å². The molecule has 0 unspecified atom stereocenters. The van der Waals surface area contributed by atoms with Gasteiger partial charge in [0.2, 0.25) is 0 Å². The van der Waals surface area contributed by atoms with E-state index in [4.69, 9.17) is 6.42 Å². The van der Waals surface area contributed by atoms with Crippen LogP contribution in [-0.2, 0) is 0 Å². The van der Waals surface area contributed by atoms with Gasteiger partial charge in [0, 0.05) is 23.3 Å². The number of hydrogen-bond acceptors (Lipinski definition) is 5. The lowest BCUT2D eigenvalue weighted by atomic mass is 10.00. The van der Waals surface area contributed by atoms with E-state index in [0.717, 1.165) is 5.56 Å². The van der Waals surface area contributed by atoms with E-state index >= 15 is 0 Å². The summed E-state index contributed by atoms with van der Waals surface area (Å²) < 4.78 is 0. The van der Waals surface area contributed by atoms with E-state index in [-0.39, 0.29) is 5.69 Å². The van der Waals surface area contributed by atoms with Gasteiger partial charge in [-0.1, -0.05) is 36.3 Å². The number of nitrogens with zero attached hydrogens (tertiary/aromatic N) is 3. The van der Waals surface area contributed by atoms with Gasteiger partial charge in [-0.2, -0.15) is 0 Å². The molecule has 0 fully saturated rings. The normalized spacial score (nSPS) is 13.0. The second kappa shape index (κ2) is 6.75. The van der Waals surface area contributed by atoms with Crippen LogP contribution in [0.2, 0.25) is 0 Å². The van der Waals surface area contributed by atoms with Crippen LogP contribution < -0.4 is 5.32 Å². The molecule has 2 aromatic carbocycles. The van der Waals surface area contributed by atoms with E-state index in [2.05, 4.69) is 21.2 Å². The van der Waals surface area contributed by atoms with Crippen LogP contribution in [0, 0.1) is 22.5 Å². The number of benzene rings is 2. The molecular weight excluding hydrogens is 304 g/mol. The fraction of sp³-hybridized carbons (Fsp3) is 0.111. The van der Waals surface area contributed by atoms with Gasteiger partial charge in [0.25, 0.3) is 5.69 Å². The Kier molecular flexibility index (Phi) is 4.34. The van der Waals surface area contributed by atoms with Crippen LogP contribution in [0.3, 0.4) is 0 Å². The highest BCUT2D eigenvalue weighted by Crippen LogP contribution is 2.29. The zero-order chi connectivity index (χ0) is 16.9. The Labute approximate surface area is 139 Å². The quantitative estimate of drug-likeness (QED) is 0.537. The molecule has 0 bridgehead atoms. The monoisotopic (exact) mass is 318 g/mol. The summed E-state index contributed by atoms with van der Waals surface area (Å²) in [6.45, 7) is 0.672. The third-order valence-corrected chi connectivity index (χ3v) is 3.53. The van der Waals surface area contributed by atoms with Crippen molar-refractivity contribution in [2.75, 3.05) is 13.1 Å². The number of aliphatic imine (C=N–C) groups is 2. The molecule has 0 atom stereocenters. The summed E-state index contributed by atoms with van der Waals surface area (Å²) in [5, 5.41) is 14.2. The van der Waals surface area contributed by atoms with Crippen LogP contribution in [0.25, 0.3) is 0 Å². The molecule has 1 N–H and O–H groups in total. The third kappa shape index (κ3) is 3.15. The van der Waals surface area contributed by atoms with Gasteiger partial charge < -0.3 is 5.32 Å². The van der Waals surface area contributed by atoms with Gasteiger partial charge in [0.05, 0.1) is 29.4 Å². The van der Waals surface area contributed by atoms with Gasteiger partial charge in [-0.3, -0.25) is 15.1 Å². The van der Waals surface area contributed by atoms with E-state index in [9.17, 15) is 10.1 Å². The number of hydrogen-bond donors (Lipinski definition) is 1. The van der Waals surface area contributed by atoms with Crippen molar-refractivity contribution in [2.24, 2.45) is 9.98 Å². The largest absolute Gasteiger partial charge is 0.361 e. The number of nitrogens with one attached hydrogen (secondary N) is 1. The number of nitro groups is 1. The molecule has 6 heteroatoms. The smallest absolute Gasteiger partial charge is 0.270 e. The summed E-state index contributed by atoms with van der Waals surface area (Å²) in [7, 11) is 0. The van der Waals surface area contributed by atoms with E-state index in [1.807, 2.05) is 30.3 Å². The molecule has 0 radical (unpaired) electrons. The number of nitro benzene ring substituents is 1. The average molecular weight is 318 g/mol. The summed E-state index contributed by atoms with van der Waals surface area (Å²) in [4.78, 5) is 19.8. The van der Waals surface area contributed by atoms with Crippen LogP contribution >= 0.6 is 0 Å². The zero-order valence-electron chi connectivity index (χ0n) is 12.8. The van der Waals surface area contributed by atoms with Crippen LogP contribution in [0.15, 0.2) is 58.5 Å². The highest BCUT2D eigenvalue weighted by atomic mass is 16.6. The van der Waals surface area contributed by atoms with Crippen molar-refractivity contribution in [3.63, 3.8) is 0 Å². The molecule has 0 aliphatic carbocycles. The molecule has 2 aromatic rings. The van der Waals surface area contributed by atoms with Crippen molar-refractivity contribution in [2.45, 2.75) is 0 Å². The van der Waals surface area contributed by atoms with Crippen molar-refractivity contribution < 1.29 is 4.92 Å². The minimum Gasteiger partial charge on any atom is -0.361 e. The van der Waals surface area contributed by atoms with E-state index in [1.165, 1.54) is 12.1 Å². The molecule has 0 amide bonds. The number of rotatable bonds is 3. The van der Waals surface area contributed by atoms with Gasteiger partial charge in [-0.05, 0) is 6.07 Å². The Morgan fingerprint density at radius 2 is 2.04 bits per heavy atom. The molecular formula is C18H14N4O2. The Morgan fingerprint density at radius 3 is 2.75 bits per heavy atom. The minimum atomic E-state index is -0.422. The summed E-state index contributed by atoms with van der Waals surface area (Å²) in [5.74, 6) is 3.13. The molecule has 24 heavy (non-hydrogen) atoms. The first-order valence-corrected chi connectivity index (χ1v) is 7.32. The second-order valence-corrected chi connectivity index (χ2v) is 5.11. The van der Waals surface area contributed by atoms with E-state index in [0.29, 0.717) is 35.9 Å². The van der Waals surface area contributed by atoms with Gasteiger partial charge in [-0.15, -0.1) is 6.42 Å². The first-order valence-electron chi connectivity index (χ1n) is 7.32. The van der Waals surface area contributed by atoms with Gasteiger partial charge in [0.15, 0.2) is 0 Å². The topological polar surface area (TPSA) is 79.9 Å². The standard InChI is InChI=1S/C18H14N4O2/c1-2-10-19-17-12-20-18(13-6-4-3-5-7-13)15-11-14(22(23)24)8-9-16(15)21-17/h1,3-9,11H,10,12H2,(H,19,21). The van der Waals surface area contributed by atoms with Crippen molar-refractivity contribution >= 4 is 22.9 Å².